The van der Waals surface area contributed by atoms with Crippen molar-refractivity contribution in [1.82, 2.24) is 20.3 Å². The summed E-state index contributed by atoms with van der Waals surface area (Å²) in [4.78, 5) is 38.2. The Balaban J connectivity index is 1.51. The van der Waals surface area contributed by atoms with Crippen LogP contribution >= 0.6 is 45.9 Å². The second-order valence-electron chi connectivity index (χ2n) is 7.39. The first-order valence-corrected chi connectivity index (χ1v) is 12.2. The summed E-state index contributed by atoms with van der Waals surface area (Å²) in [5.41, 5.74) is 7.23. The summed E-state index contributed by atoms with van der Waals surface area (Å²) in [6.45, 7) is 2.67. The fraction of sp³-hybridized carbons (Fsp3) is 0.368. The van der Waals surface area contributed by atoms with E-state index in [0.717, 1.165) is 11.3 Å². The Kier molecular flexibility index (Phi) is 6.82. The second-order valence-corrected chi connectivity index (χ2v) is 10.0. The number of carboxylic acid groups (broad SMARTS) is 1. The molecule has 33 heavy (non-hydrogen) atoms. The number of nitrogens with one attached hydrogen (secondary N) is 2. The molecule has 0 radical (unpaired) electrons. The molecule has 0 aromatic carbocycles. The van der Waals surface area contributed by atoms with E-state index in [2.05, 4.69) is 20.3 Å². The van der Waals surface area contributed by atoms with Gasteiger partial charge in [-0.05, 0) is 13.3 Å². The molecule has 4 rings (SSSR count). The van der Waals surface area contributed by atoms with E-state index in [-0.39, 0.29) is 39.3 Å². The van der Waals surface area contributed by atoms with Gasteiger partial charge in [0.05, 0.1) is 22.2 Å². The summed E-state index contributed by atoms with van der Waals surface area (Å²) >= 11 is 14.5. The number of aromatic amines is 1. The van der Waals surface area contributed by atoms with Gasteiger partial charge in [0.15, 0.2) is 10.3 Å². The zero-order valence-electron chi connectivity index (χ0n) is 17.5. The standard InChI is InChI=1S/C19H20Cl2N6O4S2/c1-7-11(20)12(21)14(23-7)16(28)24-8-3-4-27(5-10(8)31-2)19-26-13(15(33-19)17(29)30)9-6-32-18(22)25-9/h6,8,10,23H,3-5H2,1-2H3,(H2,22,25)(H,24,28)(H,29,30)/t8-,10+/m1/s1. The minimum Gasteiger partial charge on any atom is -0.477 e. The van der Waals surface area contributed by atoms with E-state index in [1.54, 1.807) is 19.4 Å². The lowest BCUT2D eigenvalue weighted by Gasteiger charge is -2.37. The quantitative estimate of drug-likeness (QED) is 0.378. The number of nitrogen functional groups attached to an aromatic ring is 1. The third kappa shape index (κ3) is 4.66. The van der Waals surface area contributed by atoms with E-state index >= 15 is 0 Å². The van der Waals surface area contributed by atoms with E-state index in [9.17, 15) is 14.7 Å². The number of nitrogens with zero attached hydrogens (tertiary/aromatic N) is 3. The smallest absolute Gasteiger partial charge is 0.348 e. The Bertz CT molecular complexity index is 1210. The summed E-state index contributed by atoms with van der Waals surface area (Å²) in [6, 6.07) is -0.283. The van der Waals surface area contributed by atoms with Crippen LogP contribution in [0.2, 0.25) is 10.0 Å². The Morgan fingerprint density at radius 1 is 1.36 bits per heavy atom. The number of anilines is 2. The zero-order valence-corrected chi connectivity index (χ0v) is 20.7. The first-order valence-electron chi connectivity index (χ1n) is 9.77. The predicted octanol–water partition coefficient (Wildman–Crippen LogP) is 3.51. The number of carbonyl (C=O) groups excluding carboxylic acids is 1. The molecule has 0 saturated carbocycles. The van der Waals surface area contributed by atoms with E-state index in [4.69, 9.17) is 33.7 Å². The highest BCUT2D eigenvalue weighted by Crippen LogP contribution is 2.35. The highest BCUT2D eigenvalue weighted by atomic mass is 35.5. The summed E-state index contributed by atoms with van der Waals surface area (Å²) in [7, 11) is 1.56. The second kappa shape index (κ2) is 9.47. The molecule has 5 N–H and O–H groups in total. The molecule has 0 spiro atoms. The van der Waals surface area contributed by atoms with Crippen molar-refractivity contribution in [3.63, 3.8) is 0 Å². The molecule has 1 fully saturated rings. The van der Waals surface area contributed by atoms with Gasteiger partial charge in [-0.2, -0.15) is 0 Å². The highest BCUT2D eigenvalue weighted by molar-refractivity contribution is 7.18. The fourth-order valence-corrected chi connectivity index (χ4v) is 5.53. The lowest BCUT2D eigenvalue weighted by atomic mass is 10.0. The summed E-state index contributed by atoms with van der Waals surface area (Å²) < 4.78 is 5.63. The average Bonchev–Trinajstić information content (AvgIpc) is 3.48. The Hall–Kier alpha value is -2.38. The number of piperidine rings is 1. The van der Waals surface area contributed by atoms with Crippen molar-refractivity contribution < 1.29 is 19.4 Å². The number of ether oxygens (including phenoxy) is 1. The van der Waals surface area contributed by atoms with Crippen LogP contribution < -0.4 is 16.0 Å². The molecule has 0 unspecified atom stereocenters. The van der Waals surface area contributed by atoms with Gasteiger partial charge in [-0.1, -0.05) is 34.5 Å². The number of carbonyl (C=O) groups is 2. The van der Waals surface area contributed by atoms with Crippen LogP contribution in [-0.2, 0) is 4.74 Å². The maximum absolute atomic E-state index is 12.7. The van der Waals surface area contributed by atoms with Gasteiger partial charge in [-0.15, -0.1) is 11.3 Å². The largest absolute Gasteiger partial charge is 0.477 e. The number of methoxy groups -OCH3 is 1. The van der Waals surface area contributed by atoms with Crippen LogP contribution in [0.25, 0.3) is 11.4 Å². The van der Waals surface area contributed by atoms with E-state index < -0.39 is 5.97 Å². The van der Waals surface area contributed by atoms with Gasteiger partial charge in [-0.3, -0.25) is 4.79 Å². The van der Waals surface area contributed by atoms with Crippen LogP contribution in [0, 0.1) is 6.92 Å². The third-order valence-corrected chi connectivity index (χ3v) is 8.03. The number of hydrogen-bond acceptors (Lipinski definition) is 9. The molecule has 0 aliphatic carbocycles. The first kappa shape index (κ1) is 23.8. The maximum Gasteiger partial charge on any atom is 0.348 e. The number of aromatic nitrogens is 3. The lowest BCUT2D eigenvalue weighted by Crippen LogP contribution is -2.55. The minimum atomic E-state index is -1.08. The van der Waals surface area contributed by atoms with Crippen molar-refractivity contribution in [2.24, 2.45) is 0 Å². The van der Waals surface area contributed by atoms with Crippen molar-refractivity contribution in [3.8, 4) is 11.4 Å². The van der Waals surface area contributed by atoms with Gasteiger partial charge in [-0.25, -0.2) is 14.8 Å². The highest BCUT2D eigenvalue weighted by Gasteiger charge is 2.34. The van der Waals surface area contributed by atoms with Gasteiger partial charge < -0.3 is 30.8 Å². The average molecular weight is 531 g/mol. The summed E-state index contributed by atoms with van der Waals surface area (Å²) in [5, 5.41) is 15.6. The van der Waals surface area contributed by atoms with Gasteiger partial charge in [0.1, 0.15) is 22.0 Å². The van der Waals surface area contributed by atoms with Crippen LogP contribution in [0.3, 0.4) is 0 Å². The number of aromatic carboxylic acids is 1. The molecule has 10 nitrogen and oxygen atoms in total. The number of amides is 1. The molecular formula is C19H20Cl2N6O4S2. The number of halogens is 2. The number of nitrogens with two attached hydrogens (primary N) is 1. The Labute approximate surface area is 206 Å². The third-order valence-electron chi connectivity index (χ3n) is 5.30. The normalized spacial score (nSPS) is 18.5. The Morgan fingerprint density at radius 2 is 2.12 bits per heavy atom. The summed E-state index contributed by atoms with van der Waals surface area (Å²) in [5.74, 6) is -1.45. The molecule has 1 saturated heterocycles. The van der Waals surface area contributed by atoms with Crippen molar-refractivity contribution >= 4 is 68.0 Å². The van der Waals surface area contributed by atoms with Crippen molar-refractivity contribution in [2.45, 2.75) is 25.5 Å². The van der Waals surface area contributed by atoms with Crippen LogP contribution in [0.5, 0.6) is 0 Å². The van der Waals surface area contributed by atoms with Gasteiger partial charge in [0, 0.05) is 31.3 Å². The zero-order chi connectivity index (χ0) is 23.9. The molecular weight excluding hydrogens is 511 g/mol. The molecule has 3 aromatic heterocycles. The van der Waals surface area contributed by atoms with Crippen LogP contribution in [0.1, 0.15) is 32.3 Å². The van der Waals surface area contributed by atoms with Crippen LogP contribution in [0.15, 0.2) is 5.38 Å². The Morgan fingerprint density at radius 3 is 2.70 bits per heavy atom. The molecule has 176 valence electrons. The minimum absolute atomic E-state index is 0.0910. The topological polar surface area (TPSA) is 146 Å². The van der Waals surface area contributed by atoms with Crippen molar-refractivity contribution in [2.75, 3.05) is 30.8 Å². The lowest BCUT2D eigenvalue weighted by molar-refractivity contribution is 0.0540. The first-order chi connectivity index (χ1) is 15.7. The number of thiazole rings is 2. The van der Waals surface area contributed by atoms with Crippen LogP contribution in [0.4, 0.5) is 10.3 Å². The van der Waals surface area contributed by atoms with Crippen molar-refractivity contribution in [1.29, 1.82) is 0 Å². The molecule has 4 heterocycles. The van der Waals surface area contributed by atoms with Gasteiger partial charge in [0.2, 0.25) is 0 Å². The number of carboxylic acids is 1. The SMILES string of the molecule is CO[C@H]1CN(c2nc(-c3csc(N)n3)c(C(=O)O)s2)CC[C@H]1NC(=O)c1[nH]c(C)c(Cl)c1Cl. The van der Waals surface area contributed by atoms with Crippen molar-refractivity contribution in [3.05, 3.63) is 31.7 Å². The number of hydrogen-bond donors (Lipinski definition) is 4. The molecule has 2 atom stereocenters. The monoisotopic (exact) mass is 530 g/mol. The molecule has 3 aromatic rings. The molecule has 1 aliphatic rings. The fourth-order valence-electron chi connectivity index (χ4n) is 3.62. The number of rotatable bonds is 6. The molecule has 1 aliphatic heterocycles. The predicted molar refractivity (Wildman–Crippen MR) is 129 cm³/mol. The molecule has 0 bridgehead atoms. The van der Waals surface area contributed by atoms with Gasteiger partial charge >= 0.3 is 5.97 Å². The summed E-state index contributed by atoms with van der Waals surface area (Å²) in [6.07, 6.45) is 0.194. The molecule has 1 amide bonds. The van der Waals surface area contributed by atoms with Crippen LogP contribution in [-0.4, -0.2) is 64.3 Å². The van der Waals surface area contributed by atoms with Gasteiger partial charge in [0.25, 0.3) is 5.91 Å². The van der Waals surface area contributed by atoms with E-state index in [1.807, 2.05) is 4.90 Å². The number of H-pyrrole nitrogens is 1. The number of aryl methyl sites for hydroxylation is 1. The van der Waals surface area contributed by atoms with E-state index in [1.165, 1.54) is 11.3 Å². The molecule has 14 heteroatoms. The maximum atomic E-state index is 12.7. The van der Waals surface area contributed by atoms with E-state index in [0.29, 0.717) is 46.2 Å².